The zero-order valence-electron chi connectivity index (χ0n) is 14.5. The molecule has 7 nitrogen and oxygen atoms in total. The highest BCUT2D eigenvalue weighted by molar-refractivity contribution is 5.94. The molecule has 1 aromatic carbocycles. The van der Waals surface area contributed by atoms with Gasteiger partial charge in [-0.2, -0.15) is 0 Å². The van der Waals surface area contributed by atoms with E-state index in [0.29, 0.717) is 25.2 Å². The summed E-state index contributed by atoms with van der Waals surface area (Å²) in [4.78, 5) is 35.4. The number of benzene rings is 1. The molecule has 0 aliphatic carbocycles. The number of hydrogen-bond donors (Lipinski definition) is 2. The first-order chi connectivity index (χ1) is 12.1. The predicted molar refractivity (Wildman–Crippen MR) is 93.8 cm³/mol. The number of carbonyl (C=O) groups is 2. The molecule has 1 atom stereocenters. The van der Waals surface area contributed by atoms with Crippen LogP contribution in [0.4, 0.5) is 0 Å². The number of rotatable bonds is 4. The van der Waals surface area contributed by atoms with E-state index in [4.69, 9.17) is 0 Å². The molecule has 7 heteroatoms. The third-order valence-electron chi connectivity index (χ3n) is 4.60. The van der Waals surface area contributed by atoms with Crippen LogP contribution < -0.4 is 5.32 Å². The molecule has 2 aromatic rings. The van der Waals surface area contributed by atoms with Crippen LogP contribution in [0.5, 0.6) is 0 Å². The largest absolute Gasteiger partial charge is 0.355 e. The van der Waals surface area contributed by atoms with Crippen LogP contribution in [0.15, 0.2) is 36.7 Å². The van der Waals surface area contributed by atoms with E-state index in [9.17, 15) is 9.59 Å². The van der Waals surface area contributed by atoms with E-state index in [1.165, 1.54) is 0 Å². The smallest absolute Gasteiger partial charge is 0.251 e. The average Bonchev–Trinajstić information content (AvgIpc) is 3.14. The van der Waals surface area contributed by atoms with Crippen molar-refractivity contribution in [2.75, 3.05) is 26.7 Å². The van der Waals surface area contributed by atoms with E-state index in [-0.39, 0.29) is 17.9 Å². The summed E-state index contributed by atoms with van der Waals surface area (Å²) < 4.78 is 0. The highest BCUT2D eigenvalue weighted by Gasteiger charge is 2.30. The second-order valence-corrected chi connectivity index (χ2v) is 6.19. The molecule has 25 heavy (non-hydrogen) atoms. The zero-order chi connectivity index (χ0) is 17.8. The SMILES string of the molecule is CNC(=O)c1cccc([C@H]2CN(C(C)=O)CCN2Cc2ncc[nH]2)c1. The normalized spacial score (nSPS) is 18.2. The molecule has 1 saturated heterocycles. The summed E-state index contributed by atoms with van der Waals surface area (Å²) in [6, 6.07) is 7.62. The van der Waals surface area contributed by atoms with Crippen molar-refractivity contribution >= 4 is 11.8 Å². The lowest BCUT2D eigenvalue weighted by molar-refractivity contribution is -0.132. The van der Waals surface area contributed by atoms with Gasteiger partial charge in [0.2, 0.25) is 5.91 Å². The predicted octanol–water partition coefficient (Wildman–Crippen LogP) is 1.17. The molecule has 1 aliphatic rings. The number of carbonyl (C=O) groups excluding carboxylic acids is 2. The lowest BCUT2D eigenvalue weighted by Crippen LogP contribution is -2.49. The standard InChI is InChI=1S/C18H23N5O2/c1-13(24)22-8-9-23(12-17-20-6-7-21-17)16(11-22)14-4-3-5-15(10-14)18(25)19-2/h3-7,10,16H,8-9,11-12H2,1-2H3,(H,19,25)(H,20,21)/t16-/m1/s1. The average molecular weight is 341 g/mol. The number of nitrogens with zero attached hydrogens (tertiary/aromatic N) is 3. The van der Waals surface area contributed by atoms with Crippen LogP contribution >= 0.6 is 0 Å². The molecule has 1 aliphatic heterocycles. The van der Waals surface area contributed by atoms with Gasteiger partial charge in [-0.25, -0.2) is 4.98 Å². The fraction of sp³-hybridized carbons (Fsp3) is 0.389. The molecule has 1 aromatic heterocycles. The molecule has 1 fully saturated rings. The van der Waals surface area contributed by atoms with Crippen LogP contribution in [0.2, 0.25) is 0 Å². The van der Waals surface area contributed by atoms with Crippen molar-refractivity contribution in [2.24, 2.45) is 0 Å². The minimum Gasteiger partial charge on any atom is -0.355 e. The van der Waals surface area contributed by atoms with Crippen LogP contribution in [0.1, 0.15) is 34.7 Å². The summed E-state index contributed by atoms with van der Waals surface area (Å²) in [7, 11) is 1.62. The zero-order valence-corrected chi connectivity index (χ0v) is 14.5. The Labute approximate surface area is 147 Å². The topological polar surface area (TPSA) is 81.3 Å². The quantitative estimate of drug-likeness (QED) is 0.875. The fourth-order valence-electron chi connectivity index (χ4n) is 3.22. The number of nitrogens with one attached hydrogen (secondary N) is 2. The highest BCUT2D eigenvalue weighted by atomic mass is 16.2. The number of amides is 2. The van der Waals surface area contributed by atoms with E-state index >= 15 is 0 Å². The van der Waals surface area contributed by atoms with Gasteiger partial charge in [0.25, 0.3) is 5.91 Å². The summed E-state index contributed by atoms with van der Waals surface area (Å²) in [5.41, 5.74) is 1.65. The molecule has 0 unspecified atom stereocenters. The number of hydrogen-bond acceptors (Lipinski definition) is 4. The van der Waals surface area contributed by atoms with Gasteiger partial charge in [0, 0.05) is 51.6 Å². The van der Waals surface area contributed by atoms with E-state index in [0.717, 1.165) is 17.9 Å². The minimum absolute atomic E-state index is 0.0207. The minimum atomic E-state index is -0.112. The number of aromatic nitrogens is 2. The molecule has 2 N–H and O–H groups in total. The molecule has 0 bridgehead atoms. The van der Waals surface area contributed by atoms with Crippen LogP contribution in [0, 0.1) is 0 Å². The van der Waals surface area contributed by atoms with Crippen LogP contribution in [-0.2, 0) is 11.3 Å². The van der Waals surface area contributed by atoms with Gasteiger partial charge in [-0.3, -0.25) is 14.5 Å². The van der Waals surface area contributed by atoms with Crippen LogP contribution in [-0.4, -0.2) is 58.3 Å². The summed E-state index contributed by atoms with van der Waals surface area (Å²) in [6.45, 7) is 4.33. The van der Waals surface area contributed by atoms with E-state index in [1.807, 2.05) is 29.3 Å². The van der Waals surface area contributed by atoms with Crippen molar-refractivity contribution in [3.05, 3.63) is 53.6 Å². The molecular weight excluding hydrogens is 318 g/mol. The van der Waals surface area contributed by atoms with E-state index in [1.54, 1.807) is 26.2 Å². The molecule has 2 heterocycles. The van der Waals surface area contributed by atoms with Crippen LogP contribution in [0.3, 0.4) is 0 Å². The van der Waals surface area contributed by atoms with Gasteiger partial charge in [0.1, 0.15) is 5.82 Å². The third-order valence-corrected chi connectivity index (χ3v) is 4.60. The number of piperazine rings is 1. The lowest BCUT2D eigenvalue weighted by atomic mass is 9.99. The van der Waals surface area contributed by atoms with E-state index < -0.39 is 0 Å². The summed E-state index contributed by atoms with van der Waals surface area (Å²) in [5.74, 6) is 0.854. The number of imidazole rings is 1. The van der Waals surface area contributed by atoms with Gasteiger partial charge in [0.15, 0.2) is 0 Å². The van der Waals surface area contributed by atoms with Gasteiger partial charge >= 0.3 is 0 Å². The van der Waals surface area contributed by atoms with Gasteiger partial charge in [-0.05, 0) is 17.7 Å². The molecule has 0 radical (unpaired) electrons. The van der Waals surface area contributed by atoms with Crippen LogP contribution in [0.25, 0.3) is 0 Å². The first-order valence-electron chi connectivity index (χ1n) is 8.38. The second kappa shape index (κ2) is 7.48. The van der Waals surface area contributed by atoms with Crippen molar-refractivity contribution in [3.8, 4) is 0 Å². The Kier molecular flexibility index (Phi) is 5.14. The lowest BCUT2D eigenvalue weighted by Gasteiger charge is -2.41. The van der Waals surface area contributed by atoms with Crippen molar-refractivity contribution in [2.45, 2.75) is 19.5 Å². The second-order valence-electron chi connectivity index (χ2n) is 6.19. The summed E-state index contributed by atoms with van der Waals surface area (Å²) in [6.07, 6.45) is 3.55. The summed E-state index contributed by atoms with van der Waals surface area (Å²) in [5, 5.41) is 2.65. The Morgan fingerprint density at radius 2 is 2.20 bits per heavy atom. The first kappa shape index (κ1) is 17.2. The van der Waals surface area contributed by atoms with Crippen molar-refractivity contribution in [1.29, 1.82) is 0 Å². The van der Waals surface area contributed by atoms with E-state index in [2.05, 4.69) is 20.2 Å². The molecular formula is C18H23N5O2. The Hall–Kier alpha value is -2.67. The maximum Gasteiger partial charge on any atom is 0.251 e. The van der Waals surface area contributed by atoms with Gasteiger partial charge in [0.05, 0.1) is 12.6 Å². The molecule has 0 spiro atoms. The maximum absolute atomic E-state index is 12.0. The van der Waals surface area contributed by atoms with Crippen molar-refractivity contribution in [3.63, 3.8) is 0 Å². The number of H-pyrrole nitrogens is 1. The molecule has 2 amide bonds. The van der Waals surface area contributed by atoms with Gasteiger partial charge in [-0.1, -0.05) is 12.1 Å². The van der Waals surface area contributed by atoms with Crippen molar-refractivity contribution in [1.82, 2.24) is 25.1 Å². The first-order valence-corrected chi connectivity index (χ1v) is 8.38. The Balaban J connectivity index is 1.88. The monoisotopic (exact) mass is 341 g/mol. The number of aromatic amines is 1. The molecule has 3 rings (SSSR count). The van der Waals surface area contributed by atoms with Gasteiger partial charge in [-0.15, -0.1) is 0 Å². The molecule has 0 saturated carbocycles. The summed E-state index contributed by atoms with van der Waals surface area (Å²) >= 11 is 0. The highest BCUT2D eigenvalue weighted by Crippen LogP contribution is 2.27. The van der Waals surface area contributed by atoms with Crippen molar-refractivity contribution < 1.29 is 9.59 Å². The van der Waals surface area contributed by atoms with Gasteiger partial charge < -0.3 is 15.2 Å². The Morgan fingerprint density at radius 1 is 1.36 bits per heavy atom. The Bertz CT molecular complexity index is 744. The fourth-order valence-corrected chi connectivity index (χ4v) is 3.22. The maximum atomic E-state index is 12.0. The molecule has 132 valence electrons. The Morgan fingerprint density at radius 3 is 2.88 bits per heavy atom. The third kappa shape index (κ3) is 3.88.